The molecule has 4 rings (SSSR count). The van der Waals surface area contributed by atoms with Crippen LogP contribution in [0.15, 0.2) is 43.0 Å². The first-order chi connectivity index (χ1) is 11.8. The maximum atomic E-state index is 12.1. The summed E-state index contributed by atoms with van der Waals surface area (Å²) < 4.78 is 1.79. The van der Waals surface area contributed by atoms with Crippen molar-refractivity contribution in [2.24, 2.45) is 0 Å². The third-order valence-electron chi connectivity index (χ3n) is 4.16. The lowest BCUT2D eigenvalue weighted by Gasteiger charge is -2.23. The summed E-state index contributed by atoms with van der Waals surface area (Å²) in [6.07, 6.45) is 7.44. The Hall–Kier alpha value is -3.09. The molecule has 1 aliphatic heterocycles. The maximum absolute atomic E-state index is 12.1. The van der Waals surface area contributed by atoms with Crippen LogP contribution in [0, 0.1) is 0 Å². The Morgan fingerprint density at radius 3 is 2.75 bits per heavy atom. The Balaban J connectivity index is 1.69. The molecule has 1 N–H and O–H groups in total. The van der Waals surface area contributed by atoms with Gasteiger partial charge in [0.2, 0.25) is 5.91 Å². The van der Waals surface area contributed by atoms with E-state index in [0.717, 1.165) is 22.6 Å². The van der Waals surface area contributed by atoms with Gasteiger partial charge in [-0.2, -0.15) is 5.10 Å². The van der Waals surface area contributed by atoms with Crippen LogP contribution >= 0.6 is 0 Å². The van der Waals surface area contributed by atoms with E-state index >= 15 is 0 Å². The first-order valence-electron chi connectivity index (χ1n) is 7.85. The number of carbonyl (C=O) groups excluding carboxylic acids is 1. The molecule has 0 radical (unpaired) electrons. The smallest absolute Gasteiger partial charge is 0.226 e. The molecule has 3 aromatic rings. The number of fused-ring (bicyclic) bond motifs is 1. The molecule has 7 heteroatoms. The van der Waals surface area contributed by atoms with Crippen LogP contribution in [0.5, 0.6) is 0 Å². The largest absolute Gasteiger partial charge is 0.311 e. The topological polar surface area (TPSA) is 85.6 Å². The molecular formula is C17H16N6O. The number of rotatable bonds is 3. The predicted molar refractivity (Wildman–Crippen MR) is 88.3 cm³/mol. The maximum Gasteiger partial charge on any atom is 0.226 e. The quantitative estimate of drug-likeness (QED) is 0.800. The van der Waals surface area contributed by atoms with E-state index in [-0.39, 0.29) is 11.8 Å². The summed E-state index contributed by atoms with van der Waals surface area (Å²) in [5.41, 5.74) is 2.64. The molecule has 7 nitrogen and oxygen atoms in total. The van der Waals surface area contributed by atoms with Crippen molar-refractivity contribution in [3.05, 3.63) is 54.1 Å². The zero-order chi connectivity index (χ0) is 16.5. The minimum atomic E-state index is -0.0770. The Kier molecular flexibility index (Phi) is 3.53. The average Bonchev–Trinajstić information content (AvgIpc) is 3.05. The van der Waals surface area contributed by atoms with Crippen LogP contribution < -0.4 is 5.32 Å². The molecule has 0 saturated heterocycles. The monoisotopic (exact) mass is 320 g/mol. The zero-order valence-corrected chi connectivity index (χ0v) is 13.2. The molecule has 120 valence electrons. The van der Waals surface area contributed by atoms with Crippen molar-refractivity contribution in [1.29, 1.82) is 0 Å². The van der Waals surface area contributed by atoms with Crippen molar-refractivity contribution in [2.45, 2.75) is 25.8 Å². The molecule has 24 heavy (non-hydrogen) atoms. The number of aryl methyl sites for hydroxylation is 1. The Labute approximate surface area is 138 Å². The molecule has 1 atom stereocenters. The van der Waals surface area contributed by atoms with Crippen molar-refractivity contribution >= 4 is 11.7 Å². The fraction of sp³-hybridized carbons (Fsp3) is 0.235. The van der Waals surface area contributed by atoms with Gasteiger partial charge in [-0.1, -0.05) is 6.07 Å². The first-order valence-corrected chi connectivity index (χ1v) is 7.85. The standard InChI is InChI=1S/C17H16N6O/c1-2-23-17-13(10-21-23)12(7-15(24)22-17)11-8-19-16(20-9-11)14-5-3-4-6-18-14/h3-6,8-10,12H,2,7H2,1H3,(H,22,24)/t12-/m1/s1. The highest BCUT2D eigenvalue weighted by Crippen LogP contribution is 2.36. The van der Waals surface area contributed by atoms with Crippen LogP contribution in [0.25, 0.3) is 11.5 Å². The summed E-state index contributed by atoms with van der Waals surface area (Å²) in [6.45, 7) is 2.70. The molecule has 0 unspecified atom stereocenters. The van der Waals surface area contributed by atoms with Gasteiger partial charge in [-0.3, -0.25) is 9.78 Å². The molecule has 4 heterocycles. The third-order valence-corrected chi connectivity index (χ3v) is 4.16. The van der Waals surface area contributed by atoms with E-state index in [0.29, 0.717) is 18.8 Å². The highest BCUT2D eigenvalue weighted by atomic mass is 16.1. The summed E-state index contributed by atoms with van der Waals surface area (Å²) in [6, 6.07) is 5.62. The van der Waals surface area contributed by atoms with Gasteiger partial charge in [0.15, 0.2) is 5.82 Å². The Morgan fingerprint density at radius 2 is 2.04 bits per heavy atom. The lowest BCUT2D eigenvalue weighted by molar-refractivity contribution is -0.116. The molecule has 3 aromatic heterocycles. The van der Waals surface area contributed by atoms with Crippen molar-refractivity contribution in [2.75, 3.05) is 5.32 Å². The summed E-state index contributed by atoms with van der Waals surface area (Å²) in [7, 11) is 0. The van der Waals surface area contributed by atoms with Crippen LogP contribution in [0.4, 0.5) is 5.82 Å². The van der Waals surface area contributed by atoms with Gasteiger partial charge < -0.3 is 5.32 Å². The average molecular weight is 320 g/mol. The first kappa shape index (κ1) is 14.5. The minimum absolute atomic E-state index is 0.0171. The number of aromatic nitrogens is 5. The number of hydrogen-bond donors (Lipinski definition) is 1. The van der Waals surface area contributed by atoms with Crippen molar-refractivity contribution in [1.82, 2.24) is 24.7 Å². The van der Waals surface area contributed by atoms with Crippen molar-refractivity contribution in [3.8, 4) is 11.5 Å². The summed E-state index contributed by atoms with van der Waals surface area (Å²) in [5, 5.41) is 7.25. The lowest BCUT2D eigenvalue weighted by atomic mass is 9.89. The number of nitrogens with zero attached hydrogens (tertiary/aromatic N) is 5. The van der Waals surface area contributed by atoms with Crippen molar-refractivity contribution < 1.29 is 4.79 Å². The molecule has 0 fully saturated rings. The highest BCUT2D eigenvalue weighted by molar-refractivity contribution is 5.94. The van der Waals surface area contributed by atoms with Crippen LogP contribution in [-0.2, 0) is 11.3 Å². The third kappa shape index (κ3) is 2.44. The summed E-state index contributed by atoms with van der Waals surface area (Å²) >= 11 is 0. The summed E-state index contributed by atoms with van der Waals surface area (Å²) in [4.78, 5) is 25.1. The van der Waals surface area contributed by atoms with E-state index in [4.69, 9.17) is 0 Å². The van der Waals surface area contributed by atoms with E-state index in [1.54, 1.807) is 23.3 Å². The molecule has 0 saturated carbocycles. The predicted octanol–water partition coefficient (Wildman–Crippen LogP) is 2.23. The van der Waals surface area contributed by atoms with E-state index in [1.165, 1.54) is 0 Å². The molecule has 1 aliphatic rings. The van der Waals surface area contributed by atoms with Gasteiger partial charge in [0, 0.05) is 43.0 Å². The van der Waals surface area contributed by atoms with Crippen LogP contribution in [-0.4, -0.2) is 30.6 Å². The van der Waals surface area contributed by atoms with Crippen molar-refractivity contribution in [3.63, 3.8) is 0 Å². The van der Waals surface area contributed by atoms with Crippen LogP contribution in [0.3, 0.4) is 0 Å². The van der Waals surface area contributed by atoms with Gasteiger partial charge in [-0.05, 0) is 24.6 Å². The Morgan fingerprint density at radius 1 is 1.21 bits per heavy atom. The second kappa shape index (κ2) is 5.84. The number of amides is 1. The van der Waals surface area contributed by atoms with Gasteiger partial charge in [-0.25, -0.2) is 14.6 Å². The SMILES string of the molecule is CCn1ncc2c1NC(=O)C[C@@H]2c1cnc(-c2ccccn2)nc1. The van der Waals surface area contributed by atoms with E-state index in [2.05, 4.69) is 25.4 Å². The van der Waals surface area contributed by atoms with Gasteiger partial charge in [0.25, 0.3) is 0 Å². The number of hydrogen-bond acceptors (Lipinski definition) is 5. The number of pyridine rings is 1. The molecule has 0 aromatic carbocycles. The van der Waals surface area contributed by atoms with E-state index < -0.39 is 0 Å². The fourth-order valence-corrected chi connectivity index (χ4v) is 2.95. The lowest BCUT2D eigenvalue weighted by Crippen LogP contribution is -2.25. The van der Waals surface area contributed by atoms with Crippen LogP contribution in [0.1, 0.15) is 30.4 Å². The summed E-state index contributed by atoms with van der Waals surface area (Å²) in [5.74, 6) is 1.25. The van der Waals surface area contributed by atoms with E-state index in [1.807, 2.05) is 31.3 Å². The normalized spacial score (nSPS) is 16.5. The van der Waals surface area contributed by atoms with Gasteiger partial charge in [0.05, 0.1) is 6.20 Å². The minimum Gasteiger partial charge on any atom is -0.311 e. The van der Waals surface area contributed by atoms with Gasteiger partial charge >= 0.3 is 0 Å². The molecule has 0 aliphatic carbocycles. The fourth-order valence-electron chi connectivity index (χ4n) is 2.95. The molecule has 1 amide bonds. The van der Waals surface area contributed by atoms with E-state index in [9.17, 15) is 4.79 Å². The zero-order valence-electron chi connectivity index (χ0n) is 13.2. The molecule has 0 spiro atoms. The van der Waals surface area contributed by atoms with Gasteiger partial charge in [-0.15, -0.1) is 0 Å². The second-order valence-electron chi connectivity index (χ2n) is 5.62. The second-order valence-corrected chi connectivity index (χ2v) is 5.62. The number of nitrogens with one attached hydrogen (secondary N) is 1. The van der Waals surface area contributed by atoms with Crippen LogP contribution in [0.2, 0.25) is 0 Å². The number of carbonyl (C=O) groups is 1. The number of anilines is 1. The Bertz CT molecular complexity index is 872. The highest BCUT2D eigenvalue weighted by Gasteiger charge is 2.30. The molecule has 0 bridgehead atoms. The molecular weight excluding hydrogens is 304 g/mol. The van der Waals surface area contributed by atoms with Gasteiger partial charge in [0.1, 0.15) is 11.5 Å².